The molecule has 0 aliphatic heterocycles. The average molecular weight is 363 g/mol. The molecular formula is C18H38NO4P. The molecule has 0 amide bonds. The third kappa shape index (κ3) is 16.8. The second-order valence-corrected chi connectivity index (χ2v) is 7.03. The van der Waals surface area contributed by atoms with Crippen LogP contribution in [0.4, 0.5) is 0 Å². The van der Waals surface area contributed by atoms with Crippen LogP contribution < -0.4 is 5.73 Å². The minimum Gasteiger partial charge on any atom is -0.387 e. The molecule has 0 saturated heterocycles. The Hall–Kier alpha value is -0.0300. The Morgan fingerprint density at radius 2 is 1.50 bits per heavy atom. The Morgan fingerprint density at radius 1 is 0.958 bits per heavy atom. The van der Waals surface area contributed by atoms with Crippen LogP contribution in [0, 0.1) is 0 Å². The lowest BCUT2D eigenvalue weighted by atomic mass is 10.0. The number of hydrogen-bond donors (Lipinski definition) is 3. The van der Waals surface area contributed by atoms with Crippen LogP contribution in [0.2, 0.25) is 0 Å². The fourth-order valence-electron chi connectivity index (χ4n) is 2.56. The quantitative estimate of drug-likeness (QED) is 0.105. The van der Waals surface area contributed by atoms with Crippen molar-refractivity contribution in [2.24, 2.45) is 5.73 Å². The van der Waals surface area contributed by atoms with E-state index in [9.17, 15) is 5.11 Å². The SMILES string of the molecule is CCCCCCCCCCCCCC=CC(O)C(N)COPOO. The number of nitrogens with two attached hydrogens (primary N) is 1. The first-order valence-electron chi connectivity index (χ1n) is 9.49. The molecule has 0 aliphatic rings. The smallest absolute Gasteiger partial charge is 0.194 e. The van der Waals surface area contributed by atoms with Crippen molar-refractivity contribution in [3.63, 3.8) is 0 Å². The minimum atomic E-state index is -0.721. The summed E-state index contributed by atoms with van der Waals surface area (Å²) >= 11 is 0. The van der Waals surface area contributed by atoms with Gasteiger partial charge in [-0.2, -0.15) is 4.67 Å². The van der Waals surface area contributed by atoms with E-state index in [-0.39, 0.29) is 6.61 Å². The maximum atomic E-state index is 9.80. The van der Waals surface area contributed by atoms with E-state index in [1.54, 1.807) is 6.08 Å². The van der Waals surface area contributed by atoms with Crippen LogP contribution in [0.3, 0.4) is 0 Å². The Kier molecular flexibility index (Phi) is 19.3. The second kappa shape index (κ2) is 19.3. The van der Waals surface area contributed by atoms with Gasteiger partial charge in [0.1, 0.15) is 0 Å². The number of unbranched alkanes of at least 4 members (excludes halogenated alkanes) is 11. The van der Waals surface area contributed by atoms with Crippen LogP contribution in [-0.2, 0) is 9.20 Å². The van der Waals surface area contributed by atoms with Gasteiger partial charge in [-0.05, 0) is 12.8 Å². The first kappa shape index (κ1) is 24.0. The number of aliphatic hydroxyl groups excluding tert-OH is 1. The summed E-state index contributed by atoms with van der Waals surface area (Å²) in [6.45, 7) is 2.41. The van der Waals surface area contributed by atoms with Gasteiger partial charge in [0.25, 0.3) is 0 Å². The van der Waals surface area contributed by atoms with Crippen molar-refractivity contribution in [3.05, 3.63) is 12.2 Å². The summed E-state index contributed by atoms with van der Waals surface area (Å²) in [6.07, 6.45) is 18.7. The highest BCUT2D eigenvalue weighted by molar-refractivity contribution is 7.26. The lowest BCUT2D eigenvalue weighted by molar-refractivity contribution is -0.133. The molecule has 0 aliphatic carbocycles. The number of hydrogen-bond acceptors (Lipinski definition) is 5. The largest absolute Gasteiger partial charge is 0.387 e. The molecule has 24 heavy (non-hydrogen) atoms. The molecule has 0 bridgehead atoms. The molecule has 0 aromatic carbocycles. The molecule has 3 unspecified atom stereocenters. The summed E-state index contributed by atoms with van der Waals surface area (Å²) in [4.78, 5) is 0. The fraction of sp³-hybridized carbons (Fsp3) is 0.889. The van der Waals surface area contributed by atoms with Crippen molar-refractivity contribution in [3.8, 4) is 0 Å². The first-order valence-corrected chi connectivity index (χ1v) is 10.3. The molecule has 144 valence electrons. The zero-order chi connectivity index (χ0) is 17.9. The molecule has 0 fully saturated rings. The van der Waals surface area contributed by atoms with Crippen LogP contribution in [0.25, 0.3) is 0 Å². The number of allylic oxidation sites excluding steroid dienone is 1. The number of rotatable bonds is 18. The standard InChI is InChI=1S/C18H38NO4P/c1-2-3-4-5-6-7-8-9-10-11-12-13-14-15-18(20)17(19)16-22-24-23-21/h14-15,17-18,20-21,24H,2-13,16,19H2,1H3. The van der Waals surface area contributed by atoms with Gasteiger partial charge in [-0.3, -0.25) is 0 Å². The van der Waals surface area contributed by atoms with E-state index in [0.29, 0.717) is 0 Å². The summed E-state index contributed by atoms with van der Waals surface area (Å²) in [5.74, 6) is 0. The molecule has 0 spiro atoms. The molecule has 5 nitrogen and oxygen atoms in total. The van der Waals surface area contributed by atoms with Gasteiger partial charge in [-0.1, -0.05) is 83.3 Å². The molecule has 0 aromatic heterocycles. The highest BCUT2D eigenvalue weighted by atomic mass is 31.1. The average Bonchev–Trinajstić information content (AvgIpc) is 2.58. The highest BCUT2D eigenvalue weighted by Crippen LogP contribution is 2.13. The third-order valence-electron chi connectivity index (χ3n) is 4.12. The fourth-order valence-corrected chi connectivity index (χ4v) is 2.87. The predicted molar refractivity (Wildman–Crippen MR) is 102 cm³/mol. The Morgan fingerprint density at radius 3 is 2.04 bits per heavy atom. The molecule has 0 saturated carbocycles. The van der Waals surface area contributed by atoms with Gasteiger partial charge < -0.3 is 15.4 Å². The number of aliphatic hydroxyl groups is 1. The van der Waals surface area contributed by atoms with Crippen LogP contribution in [0.15, 0.2) is 12.2 Å². The van der Waals surface area contributed by atoms with Crippen molar-refractivity contribution >= 4 is 9.03 Å². The zero-order valence-corrected chi connectivity index (χ0v) is 16.3. The van der Waals surface area contributed by atoms with Crippen LogP contribution in [0.1, 0.15) is 84.0 Å². The van der Waals surface area contributed by atoms with E-state index in [0.717, 1.165) is 12.8 Å². The highest BCUT2D eigenvalue weighted by Gasteiger charge is 2.11. The normalized spacial score (nSPS) is 14.8. The van der Waals surface area contributed by atoms with Crippen molar-refractivity contribution < 1.29 is 19.6 Å². The van der Waals surface area contributed by atoms with E-state index < -0.39 is 21.2 Å². The van der Waals surface area contributed by atoms with Gasteiger partial charge in [0, 0.05) is 0 Å². The minimum absolute atomic E-state index is 0.156. The molecule has 0 heterocycles. The summed E-state index contributed by atoms with van der Waals surface area (Å²) in [5.41, 5.74) is 5.75. The van der Waals surface area contributed by atoms with E-state index in [2.05, 4.69) is 11.6 Å². The maximum absolute atomic E-state index is 9.80. The molecular weight excluding hydrogens is 325 g/mol. The second-order valence-electron chi connectivity index (χ2n) is 6.39. The predicted octanol–water partition coefficient (Wildman–Crippen LogP) is 4.95. The van der Waals surface area contributed by atoms with Gasteiger partial charge in [0.2, 0.25) is 0 Å². The topological polar surface area (TPSA) is 84.9 Å². The van der Waals surface area contributed by atoms with Crippen molar-refractivity contribution in [2.45, 2.75) is 96.1 Å². The lowest BCUT2D eigenvalue weighted by Crippen LogP contribution is -2.36. The van der Waals surface area contributed by atoms with E-state index in [1.807, 2.05) is 6.08 Å². The van der Waals surface area contributed by atoms with Crippen LogP contribution in [0.5, 0.6) is 0 Å². The Bertz CT molecular complexity index is 280. The molecule has 6 heteroatoms. The molecule has 4 N–H and O–H groups in total. The van der Waals surface area contributed by atoms with Gasteiger partial charge in [0.05, 0.1) is 18.8 Å². The molecule has 0 aromatic rings. The van der Waals surface area contributed by atoms with Gasteiger partial charge in [-0.25, -0.2) is 5.26 Å². The summed E-state index contributed by atoms with van der Waals surface area (Å²) in [5, 5.41) is 17.9. The molecule has 3 atom stereocenters. The van der Waals surface area contributed by atoms with Gasteiger partial charge in [0.15, 0.2) is 9.03 Å². The summed E-state index contributed by atoms with van der Waals surface area (Å²) in [7, 11) is -0.458. The Balaban J connectivity index is 3.33. The van der Waals surface area contributed by atoms with E-state index in [1.165, 1.54) is 64.2 Å². The van der Waals surface area contributed by atoms with E-state index in [4.69, 9.17) is 15.5 Å². The lowest BCUT2D eigenvalue weighted by Gasteiger charge is -2.14. The summed E-state index contributed by atoms with van der Waals surface area (Å²) in [6, 6.07) is -0.499. The van der Waals surface area contributed by atoms with Crippen molar-refractivity contribution in [2.75, 3.05) is 6.61 Å². The molecule has 0 rings (SSSR count). The van der Waals surface area contributed by atoms with Crippen molar-refractivity contribution in [1.82, 2.24) is 0 Å². The molecule has 0 radical (unpaired) electrons. The first-order chi connectivity index (χ1) is 11.7. The third-order valence-corrected chi connectivity index (χ3v) is 4.48. The van der Waals surface area contributed by atoms with Crippen molar-refractivity contribution in [1.29, 1.82) is 0 Å². The zero-order valence-electron chi connectivity index (χ0n) is 15.3. The van der Waals surface area contributed by atoms with Crippen LogP contribution in [-0.4, -0.2) is 29.1 Å². The monoisotopic (exact) mass is 363 g/mol. The van der Waals surface area contributed by atoms with Gasteiger partial charge in [-0.15, -0.1) is 0 Å². The maximum Gasteiger partial charge on any atom is 0.194 e. The van der Waals surface area contributed by atoms with Gasteiger partial charge >= 0.3 is 0 Å². The summed E-state index contributed by atoms with van der Waals surface area (Å²) < 4.78 is 8.73. The van der Waals surface area contributed by atoms with E-state index >= 15 is 0 Å². The Labute approximate surface area is 149 Å². The van der Waals surface area contributed by atoms with Crippen LogP contribution >= 0.6 is 9.03 Å².